The molecule has 0 amide bonds. The van der Waals surface area contributed by atoms with Crippen LogP contribution in [0.1, 0.15) is 97.8 Å². The van der Waals surface area contributed by atoms with Crippen molar-refractivity contribution in [3.05, 3.63) is 11.6 Å². The molecule has 0 bridgehead atoms. The summed E-state index contributed by atoms with van der Waals surface area (Å²) in [4.78, 5) is 0. The van der Waals surface area contributed by atoms with Gasteiger partial charge in [0.15, 0.2) is 0 Å². The molecular formula is C23H38O. The average molecular weight is 331 g/mol. The lowest BCUT2D eigenvalue weighted by atomic mass is 9.46. The van der Waals surface area contributed by atoms with Crippen molar-refractivity contribution < 1.29 is 5.11 Å². The molecule has 0 aliphatic heterocycles. The average Bonchev–Trinajstić information content (AvgIpc) is 2.84. The molecule has 1 nitrogen and oxygen atoms in total. The molecule has 0 radical (unpaired) electrons. The number of rotatable bonds is 3. The van der Waals surface area contributed by atoms with Crippen LogP contribution >= 0.6 is 0 Å². The van der Waals surface area contributed by atoms with E-state index >= 15 is 0 Å². The molecule has 6 atom stereocenters. The second-order valence-corrected chi connectivity index (χ2v) is 10.1. The molecule has 1 N–H and O–H groups in total. The van der Waals surface area contributed by atoms with Crippen molar-refractivity contribution in [1.82, 2.24) is 0 Å². The van der Waals surface area contributed by atoms with Gasteiger partial charge in [0.25, 0.3) is 0 Å². The van der Waals surface area contributed by atoms with Gasteiger partial charge in [0.1, 0.15) is 0 Å². The molecule has 0 aromatic heterocycles. The van der Waals surface area contributed by atoms with Crippen LogP contribution in [-0.2, 0) is 0 Å². The Morgan fingerprint density at radius 3 is 2.67 bits per heavy atom. The van der Waals surface area contributed by atoms with E-state index in [9.17, 15) is 5.11 Å². The number of unbranched alkanes of at least 4 members (excludes halogenated alkanes) is 1. The second-order valence-electron chi connectivity index (χ2n) is 10.1. The third-order valence-electron chi connectivity index (χ3n) is 9.29. The first-order valence-electron chi connectivity index (χ1n) is 10.9. The van der Waals surface area contributed by atoms with Crippen LogP contribution in [0.3, 0.4) is 0 Å². The molecule has 136 valence electrons. The van der Waals surface area contributed by atoms with Crippen molar-refractivity contribution in [2.24, 2.45) is 28.6 Å². The van der Waals surface area contributed by atoms with Gasteiger partial charge in [0.2, 0.25) is 0 Å². The van der Waals surface area contributed by atoms with Gasteiger partial charge in [-0.15, -0.1) is 0 Å². The smallest absolute Gasteiger partial charge is 0.0703 e. The van der Waals surface area contributed by atoms with Gasteiger partial charge in [-0.2, -0.15) is 0 Å². The number of allylic oxidation sites excluding steroid dienone is 2. The zero-order valence-corrected chi connectivity index (χ0v) is 16.2. The minimum absolute atomic E-state index is 0.190. The summed E-state index contributed by atoms with van der Waals surface area (Å²) in [6.45, 7) is 7.31. The van der Waals surface area contributed by atoms with Crippen molar-refractivity contribution in [3.8, 4) is 0 Å². The molecule has 4 aliphatic rings. The SMILES string of the molecule is CCCC[C@]1(O)CC[C@H]2[C@@H]3CCC4=CCCC[C@]4(C)[C@H]3CC[C@@]21C. The van der Waals surface area contributed by atoms with E-state index < -0.39 is 0 Å². The van der Waals surface area contributed by atoms with Crippen LogP contribution < -0.4 is 0 Å². The molecule has 3 saturated carbocycles. The maximum absolute atomic E-state index is 11.6. The van der Waals surface area contributed by atoms with E-state index in [1.807, 2.05) is 0 Å². The molecule has 24 heavy (non-hydrogen) atoms. The summed E-state index contributed by atoms with van der Waals surface area (Å²) < 4.78 is 0. The number of fused-ring (bicyclic) bond motifs is 5. The Balaban J connectivity index is 1.62. The summed E-state index contributed by atoms with van der Waals surface area (Å²) in [6.07, 6.45) is 17.9. The van der Waals surface area contributed by atoms with Crippen LogP contribution in [0.4, 0.5) is 0 Å². The van der Waals surface area contributed by atoms with Gasteiger partial charge in [-0.1, -0.05) is 45.3 Å². The minimum atomic E-state index is -0.373. The number of hydrogen-bond acceptors (Lipinski definition) is 1. The second kappa shape index (κ2) is 5.86. The third-order valence-corrected chi connectivity index (χ3v) is 9.29. The monoisotopic (exact) mass is 330 g/mol. The van der Waals surface area contributed by atoms with Gasteiger partial charge < -0.3 is 5.11 Å². The molecule has 0 spiro atoms. The first-order valence-corrected chi connectivity index (χ1v) is 10.9. The Hall–Kier alpha value is -0.300. The molecular weight excluding hydrogens is 292 g/mol. The zero-order valence-electron chi connectivity index (χ0n) is 16.2. The minimum Gasteiger partial charge on any atom is -0.389 e. The lowest BCUT2D eigenvalue weighted by molar-refractivity contribution is -0.130. The molecule has 0 aromatic carbocycles. The maximum atomic E-state index is 11.6. The van der Waals surface area contributed by atoms with E-state index in [1.54, 1.807) is 5.57 Å². The fraction of sp³-hybridized carbons (Fsp3) is 0.913. The van der Waals surface area contributed by atoms with Gasteiger partial charge >= 0.3 is 0 Å². The Morgan fingerprint density at radius 1 is 1.08 bits per heavy atom. The largest absolute Gasteiger partial charge is 0.389 e. The van der Waals surface area contributed by atoms with Crippen molar-refractivity contribution in [2.75, 3.05) is 0 Å². The molecule has 0 unspecified atom stereocenters. The van der Waals surface area contributed by atoms with Crippen LogP contribution in [0.15, 0.2) is 11.6 Å². The Kier molecular flexibility index (Phi) is 4.18. The number of aliphatic hydroxyl groups is 1. The standard InChI is InChI=1S/C23H38O/c1-4-5-14-23(24)16-12-20-18-10-9-17-8-6-7-13-21(17,2)19(18)11-15-22(20,23)3/h8,18-20,24H,4-7,9-16H2,1-3H3/t18-,19+,20+,21+,22+,23+/m1/s1. The molecule has 0 heterocycles. The predicted molar refractivity (Wildman–Crippen MR) is 101 cm³/mol. The van der Waals surface area contributed by atoms with E-state index in [0.717, 1.165) is 30.6 Å². The summed E-state index contributed by atoms with van der Waals surface area (Å²) in [5, 5.41) is 11.6. The molecule has 0 saturated heterocycles. The molecule has 4 aliphatic carbocycles. The van der Waals surface area contributed by atoms with E-state index in [1.165, 1.54) is 64.2 Å². The fourth-order valence-corrected chi connectivity index (χ4v) is 7.74. The van der Waals surface area contributed by atoms with Gasteiger partial charge in [-0.05, 0) is 92.8 Å². The van der Waals surface area contributed by atoms with Crippen molar-refractivity contribution in [2.45, 2.75) is 103 Å². The first kappa shape index (κ1) is 17.1. The highest BCUT2D eigenvalue weighted by Gasteiger charge is 2.63. The lowest BCUT2D eigenvalue weighted by Gasteiger charge is -2.59. The fourth-order valence-electron chi connectivity index (χ4n) is 7.74. The normalized spacial score (nSPS) is 50.7. The highest BCUT2D eigenvalue weighted by Crippen LogP contribution is 2.68. The van der Waals surface area contributed by atoms with Gasteiger partial charge in [-0.25, -0.2) is 0 Å². The van der Waals surface area contributed by atoms with Crippen LogP contribution in [0.2, 0.25) is 0 Å². The highest BCUT2D eigenvalue weighted by atomic mass is 16.3. The topological polar surface area (TPSA) is 20.2 Å². The summed E-state index contributed by atoms with van der Waals surface area (Å²) in [7, 11) is 0. The summed E-state index contributed by atoms with van der Waals surface area (Å²) >= 11 is 0. The lowest BCUT2D eigenvalue weighted by Crippen LogP contribution is -2.54. The van der Waals surface area contributed by atoms with Gasteiger partial charge in [0.05, 0.1) is 5.60 Å². The van der Waals surface area contributed by atoms with Crippen molar-refractivity contribution in [1.29, 1.82) is 0 Å². The van der Waals surface area contributed by atoms with Crippen LogP contribution in [0.25, 0.3) is 0 Å². The molecule has 1 heteroatoms. The zero-order chi connectivity index (χ0) is 17.0. The van der Waals surface area contributed by atoms with Crippen LogP contribution in [0.5, 0.6) is 0 Å². The van der Waals surface area contributed by atoms with Crippen molar-refractivity contribution in [3.63, 3.8) is 0 Å². The first-order chi connectivity index (χ1) is 11.4. The summed E-state index contributed by atoms with van der Waals surface area (Å²) in [6, 6.07) is 0. The summed E-state index contributed by atoms with van der Waals surface area (Å²) in [5.41, 5.74) is 2.11. The van der Waals surface area contributed by atoms with Crippen LogP contribution in [-0.4, -0.2) is 10.7 Å². The quantitative estimate of drug-likeness (QED) is 0.605. The Morgan fingerprint density at radius 2 is 1.88 bits per heavy atom. The number of hydrogen-bond donors (Lipinski definition) is 1. The van der Waals surface area contributed by atoms with E-state index in [4.69, 9.17) is 0 Å². The summed E-state index contributed by atoms with van der Waals surface area (Å²) in [5.74, 6) is 2.54. The molecule has 3 fully saturated rings. The van der Waals surface area contributed by atoms with Gasteiger partial charge in [0, 0.05) is 0 Å². The Labute approximate surface area is 149 Å². The van der Waals surface area contributed by atoms with E-state index in [2.05, 4.69) is 26.8 Å². The Bertz CT molecular complexity index is 522. The van der Waals surface area contributed by atoms with E-state index in [0.29, 0.717) is 5.41 Å². The van der Waals surface area contributed by atoms with E-state index in [-0.39, 0.29) is 11.0 Å². The van der Waals surface area contributed by atoms with Crippen LogP contribution in [0, 0.1) is 28.6 Å². The third kappa shape index (κ3) is 2.22. The predicted octanol–water partition coefficient (Wildman–Crippen LogP) is 6.26. The maximum Gasteiger partial charge on any atom is 0.0703 e. The molecule has 4 rings (SSSR count). The highest BCUT2D eigenvalue weighted by molar-refractivity contribution is 5.24. The molecule has 0 aromatic rings. The van der Waals surface area contributed by atoms with Crippen molar-refractivity contribution >= 4 is 0 Å². The van der Waals surface area contributed by atoms with Gasteiger partial charge in [-0.3, -0.25) is 0 Å².